The molecule has 4 aromatic rings. The number of pyridine rings is 1. The summed E-state index contributed by atoms with van der Waals surface area (Å²) >= 11 is 0. The number of aromatic nitrogens is 3. The predicted molar refractivity (Wildman–Crippen MR) is 139 cm³/mol. The van der Waals surface area contributed by atoms with Crippen LogP contribution < -0.4 is 10.9 Å². The third-order valence-electron chi connectivity index (χ3n) is 6.55. The van der Waals surface area contributed by atoms with E-state index < -0.39 is 9.84 Å². The molecular weight excluding hydrogens is 476 g/mol. The molecule has 1 fully saturated rings. The minimum atomic E-state index is -3.36. The van der Waals surface area contributed by atoms with Gasteiger partial charge >= 0.3 is 0 Å². The molecule has 0 bridgehead atoms. The first-order chi connectivity index (χ1) is 17.0. The first kappa shape index (κ1) is 23.9. The zero-order valence-corrected chi connectivity index (χ0v) is 21.3. The van der Waals surface area contributed by atoms with Crippen molar-refractivity contribution in [2.24, 2.45) is 0 Å². The predicted octanol–water partition coefficient (Wildman–Crippen LogP) is 3.87. The Balaban J connectivity index is 1.65. The summed E-state index contributed by atoms with van der Waals surface area (Å²) in [7, 11) is -3.36. The first-order valence-electron chi connectivity index (χ1n) is 11.7. The number of nitrogens with one attached hydrogen (secondary N) is 2. The largest absolute Gasteiger partial charge is 0.349 e. The molecule has 36 heavy (non-hydrogen) atoms. The van der Waals surface area contributed by atoms with Crippen molar-refractivity contribution in [1.29, 1.82) is 0 Å². The standard InChI is InChI=1S/C27H26N4O4S/c1-14-5-6-17(26(32)28-18-7-8-18)12-21(14)23-13-22-16(3)30-31-25(24(22)29-27(23)33)20-10-9-19(11-15(20)2)36(4,34)35/h5-6,9-13,18H,7-8H2,1-4H3,(H,28,32)(H,29,33). The number of carbonyl (C=O) groups excluding carboxylic acids is 1. The maximum atomic E-state index is 13.3. The Morgan fingerprint density at radius 1 is 0.944 bits per heavy atom. The lowest BCUT2D eigenvalue weighted by Crippen LogP contribution is -2.25. The number of hydrogen-bond donors (Lipinski definition) is 2. The summed E-state index contributed by atoms with van der Waals surface area (Å²) in [4.78, 5) is 29.1. The SMILES string of the molecule is Cc1ccc(C(=O)NC2CC2)cc1-c1cc2c(C)nnc(-c3ccc(S(C)(=O)=O)cc3C)c2[nH]c1=O. The molecule has 2 aromatic heterocycles. The molecule has 1 aliphatic carbocycles. The van der Waals surface area contributed by atoms with Crippen LogP contribution in [0.25, 0.3) is 33.3 Å². The van der Waals surface area contributed by atoms with Gasteiger partial charge in [-0.2, -0.15) is 5.10 Å². The van der Waals surface area contributed by atoms with E-state index in [0.29, 0.717) is 50.1 Å². The average molecular weight is 503 g/mol. The molecule has 5 rings (SSSR count). The monoisotopic (exact) mass is 502 g/mol. The highest BCUT2D eigenvalue weighted by molar-refractivity contribution is 7.90. The number of fused-ring (bicyclic) bond motifs is 1. The lowest BCUT2D eigenvalue weighted by atomic mass is 9.96. The molecule has 0 spiro atoms. The maximum absolute atomic E-state index is 13.3. The van der Waals surface area contributed by atoms with Crippen LogP contribution in [0.1, 0.15) is 40.0 Å². The number of rotatable bonds is 5. The topological polar surface area (TPSA) is 122 Å². The van der Waals surface area contributed by atoms with Crippen molar-refractivity contribution in [3.63, 3.8) is 0 Å². The van der Waals surface area contributed by atoms with Gasteiger partial charge in [0.05, 0.1) is 16.1 Å². The van der Waals surface area contributed by atoms with Crippen LogP contribution in [0.4, 0.5) is 0 Å². The number of nitrogens with zero attached hydrogens (tertiary/aromatic N) is 2. The number of hydrogen-bond acceptors (Lipinski definition) is 6. The molecule has 1 saturated carbocycles. The smallest absolute Gasteiger partial charge is 0.256 e. The van der Waals surface area contributed by atoms with Crippen molar-refractivity contribution in [2.75, 3.05) is 6.26 Å². The second-order valence-electron chi connectivity index (χ2n) is 9.46. The molecule has 2 aromatic carbocycles. The van der Waals surface area contributed by atoms with Crippen molar-refractivity contribution in [1.82, 2.24) is 20.5 Å². The normalized spacial score (nSPS) is 13.7. The lowest BCUT2D eigenvalue weighted by Gasteiger charge is -2.13. The molecule has 9 heteroatoms. The van der Waals surface area contributed by atoms with Crippen LogP contribution in [-0.2, 0) is 9.84 Å². The van der Waals surface area contributed by atoms with E-state index in [2.05, 4.69) is 20.5 Å². The number of sulfone groups is 1. The van der Waals surface area contributed by atoms with Crippen molar-refractivity contribution >= 4 is 26.6 Å². The minimum absolute atomic E-state index is 0.145. The molecule has 8 nitrogen and oxygen atoms in total. The third kappa shape index (κ3) is 4.42. The van der Waals surface area contributed by atoms with Crippen molar-refractivity contribution in [3.8, 4) is 22.4 Å². The number of benzene rings is 2. The Hall–Kier alpha value is -3.85. The summed E-state index contributed by atoms with van der Waals surface area (Å²) in [6.07, 6.45) is 3.15. The fraction of sp³-hybridized carbons (Fsp3) is 0.259. The summed E-state index contributed by atoms with van der Waals surface area (Å²) in [6.45, 7) is 5.51. The highest BCUT2D eigenvalue weighted by atomic mass is 32.2. The van der Waals surface area contributed by atoms with Gasteiger partial charge in [0.1, 0.15) is 5.69 Å². The molecule has 0 aliphatic heterocycles. The van der Waals surface area contributed by atoms with Gasteiger partial charge in [-0.3, -0.25) is 9.59 Å². The third-order valence-corrected chi connectivity index (χ3v) is 7.66. The van der Waals surface area contributed by atoms with E-state index in [1.165, 1.54) is 6.07 Å². The van der Waals surface area contributed by atoms with E-state index in [1.807, 2.05) is 19.9 Å². The van der Waals surface area contributed by atoms with Crippen LogP contribution in [-0.4, -0.2) is 41.8 Å². The van der Waals surface area contributed by atoms with Crippen LogP contribution in [0.2, 0.25) is 0 Å². The van der Waals surface area contributed by atoms with E-state index in [1.54, 1.807) is 37.3 Å². The van der Waals surface area contributed by atoms with Crippen LogP contribution in [0.5, 0.6) is 0 Å². The lowest BCUT2D eigenvalue weighted by molar-refractivity contribution is 0.0951. The molecule has 0 atom stereocenters. The van der Waals surface area contributed by atoms with Crippen LogP contribution >= 0.6 is 0 Å². The zero-order valence-electron chi connectivity index (χ0n) is 20.5. The Labute approximate surface area is 208 Å². The van der Waals surface area contributed by atoms with Gasteiger partial charge in [0.15, 0.2) is 9.84 Å². The number of amides is 1. The molecule has 0 saturated heterocycles. The molecule has 0 unspecified atom stereocenters. The minimum Gasteiger partial charge on any atom is -0.349 e. The summed E-state index contributed by atoms with van der Waals surface area (Å²) in [5, 5.41) is 12.4. The van der Waals surface area contributed by atoms with Gasteiger partial charge in [-0.25, -0.2) is 8.42 Å². The second-order valence-corrected chi connectivity index (χ2v) is 11.5. The molecule has 2 N–H and O–H groups in total. The zero-order chi connectivity index (χ0) is 25.8. The van der Waals surface area contributed by atoms with Crippen LogP contribution in [0.15, 0.2) is 52.2 Å². The van der Waals surface area contributed by atoms with Gasteiger partial charge in [0, 0.05) is 34.4 Å². The average Bonchev–Trinajstić information content (AvgIpc) is 3.63. The van der Waals surface area contributed by atoms with E-state index in [4.69, 9.17) is 0 Å². The molecule has 2 heterocycles. The summed E-state index contributed by atoms with van der Waals surface area (Å²) < 4.78 is 23.9. The van der Waals surface area contributed by atoms with Gasteiger partial charge in [-0.05, 0) is 80.6 Å². The Morgan fingerprint density at radius 2 is 1.69 bits per heavy atom. The molecule has 0 radical (unpaired) electrons. The van der Waals surface area contributed by atoms with E-state index in [-0.39, 0.29) is 22.4 Å². The highest BCUT2D eigenvalue weighted by Crippen LogP contribution is 2.32. The molecule has 1 amide bonds. The Bertz CT molecular complexity index is 1720. The summed E-state index contributed by atoms with van der Waals surface area (Å²) in [5.74, 6) is -0.145. The number of H-pyrrole nitrogens is 1. The number of aryl methyl sites for hydroxylation is 3. The number of carbonyl (C=O) groups is 1. The van der Waals surface area contributed by atoms with Crippen LogP contribution in [0.3, 0.4) is 0 Å². The Kier molecular flexibility index (Phi) is 5.75. The number of aromatic amines is 1. The van der Waals surface area contributed by atoms with E-state index in [0.717, 1.165) is 24.7 Å². The van der Waals surface area contributed by atoms with Gasteiger partial charge in [-0.1, -0.05) is 12.1 Å². The summed E-state index contributed by atoms with van der Waals surface area (Å²) in [6, 6.07) is 12.2. The fourth-order valence-corrected chi connectivity index (χ4v) is 5.01. The van der Waals surface area contributed by atoms with Gasteiger partial charge in [0.2, 0.25) is 0 Å². The molecule has 184 valence electrons. The Morgan fingerprint density at radius 3 is 2.36 bits per heavy atom. The molecule has 1 aliphatic rings. The van der Waals surface area contributed by atoms with Gasteiger partial charge in [-0.15, -0.1) is 5.10 Å². The van der Waals surface area contributed by atoms with Crippen LogP contribution in [0, 0.1) is 20.8 Å². The van der Waals surface area contributed by atoms with Gasteiger partial charge in [0.25, 0.3) is 11.5 Å². The fourth-order valence-electron chi connectivity index (χ4n) is 4.30. The van der Waals surface area contributed by atoms with E-state index >= 15 is 0 Å². The molecular formula is C27H26N4O4S. The maximum Gasteiger partial charge on any atom is 0.256 e. The quantitative estimate of drug-likeness (QED) is 0.427. The van der Waals surface area contributed by atoms with Crippen molar-refractivity contribution in [3.05, 3.63) is 75.2 Å². The summed E-state index contributed by atoms with van der Waals surface area (Å²) in [5.41, 5.74) is 5.18. The highest BCUT2D eigenvalue weighted by Gasteiger charge is 2.24. The van der Waals surface area contributed by atoms with Crippen molar-refractivity contribution < 1.29 is 13.2 Å². The first-order valence-corrected chi connectivity index (χ1v) is 13.6. The van der Waals surface area contributed by atoms with Crippen molar-refractivity contribution in [2.45, 2.75) is 44.6 Å². The van der Waals surface area contributed by atoms with Gasteiger partial charge < -0.3 is 10.3 Å². The van der Waals surface area contributed by atoms with E-state index in [9.17, 15) is 18.0 Å². The second kappa shape index (κ2) is 8.67.